The van der Waals surface area contributed by atoms with Crippen molar-refractivity contribution in [3.8, 4) is 5.75 Å². The standard InChI is InChI=1S/C18H24FN3O4/c1-25-16-3-2-13(19)12-15(16)17(23)20-14-4-6-21(7-5-14)18(24)22-8-10-26-11-9-22/h2-3,12,14H,4-11H2,1H3,(H,20,23). The maximum Gasteiger partial charge on any atom is 0.320 e. The number of rotatable bonds is 3. The van der Waals surface area contributed by atoms with E-state index in [9.17, 15) is 14.0 Å². The second-order valence-electron chi connectivity index (χ2n) is 6.46. The van der Waals surface area contributed by atoms with E-state index in [0.717, 1.165) is 0 Å². The van der Waals surface area contributed by atoms with E-state index in [1.807, 2.05) is 4.90 Å². The van der Waals surface area contributed by atoms with E-state index in [4.69, 9.17) is 9.47 Å². The Morgan fingerprint density at radius 2 is 1.81 bits per heavy atom. The zero-order valence-corrected chi connectivity index (χ0v) is 14.9. The van der Waals surface area contributed by atoms with Crippen molar-refractivity contribution < 1.29 is 23.5 Å². The lowest BCUT2D eigenvalue weighted by molar-refractivity contribution is 0.0407. The minimum absolute atomic E-state index is 0.0323. The molecule has 142 valence electrons. The van der Waals surface area contributed by atoms with E-state index < -0.39 is 5.82 Å². The summed E-state index contributed by atoms with van der Waals surface area (Å²) in [4.78, 5) is 28.5. The number of carbonyl (C=O) groups is 2. The summed E-state index contributed by atoms with van der Waals surface area (Å²) in [5.41, 5.74) is 0.180. The van der Waals surface area contributed by atoms with Gasteiger partial charge in [0.05, 0.1) is 25.9 Å². The van der Waals surface area contributed by atoms with Crippen LogP contribution in [0.15, 0.2) is 18.2 Å². The Hall–Kier alpha value is -2.35. The molecule has 2 heterocycles. The fourth-order valence-corrected chi connectivity index (χ4v) is 3.29. The van der Waals surface area contributed by atoms with Crippen LogP contribution < -0.4 is 10.1 Å². The number of methoxy groups -OCH3 is 1. The number of hydrogen-bond acceptors (Lipinski definition) is 4. The molecule has 0 aliphatic carbocycles. The zero-order valence-electron chi connectivity index (χ0n) is 14.9. The molecule has 1 N–H and O–H groups in total. The Kier molecular flexibility index (Phi) is 5.92. The van der Waals surface area contributed by atoms with Crippen molar-refractivity contribution in [3.05, 3.63) is 29.6 Å². The van der Waals surface area contributed by atoms with E-state index >= 15 is 0 Å². The predicted molar refractivity (Wildman–Crippen MR) is 92.8 cm³/mol. The van der Waals surface area contributed by atoms with E-state index in [1.54, 1.807) is 4.90 Å². The highest BCUT2D eigenvalue weighted by Crippen LogP contribution is 2.20. The highest BCUT2D eigenvalue weighted by molar-refractivity contribution is 5.97. The van der Waals surface area contributed by atoms with Crippen LogP contribution in [0.5, 0.6) is 5.75 Å². The van der Waals surface area contributed by atoms with Gasteiger partial charge in [0.1, 0.15) is 11.6 Å². The van der Waals surface area contributed by atoms with Crippen LogP contribution in [0.1, 0.15) is 23.2 Å². The molecule has 7 nitrogen and oxygen atoms in total. The molecule has 26 heavy (non-hydrogen) atoms. The molecule has 0 radical (unpaired) electrons. The van der Waals surface area contributed by atoms with Crippen molar-refractivity contribution in [3.63, 3.8) is 0 Å². The van der Waals surface area contributed by atoms with Gasteiger partial charge in [-0.1, -0.05) is 0 Å². The molecule has 2 saturated heterocycles. The zero-order chi connectivity index (χ0) is 18.5. The number of carbonyl (C=O) groups excluding carboxylic acids is 2. The van der Waals surface area contributed by atoms with Crippen LogP contribution >= 0.6 is 0 Å². The maximum absolute atomic E-state index is 13.4. The van der Waals surface area contributed by atoms with Gasteiger partial charge >= 0.3 is 6.03 Å². The summed E-state index contributed by atoms with van der Waals surface area (Å²) in [5.74, 6) is -0.509. The summed E-state index contributed by atoms with van der Waals surface area (Å²) in [5, 5.41) is 2.92. The minimum atomic E-state index is -0.484. The van der Waals surface area contributed by atoms with Gasteiger partial charge in [0.15, 0.2) is 0 Å². The maximum atomic E-state index is 13.4. The highest BCUT2D eigenvalue weighted by Gasteiger charge is 2.28. The summed E-state index contributed by atoms with van der Waals surface area (Å²) >= 11 is 0. The van der Waals surface area contributed by atoms with Crippen LogP contribution in [-0.2, 0) is 4.74 Å². The monoisotopic (exact) mass is 365 g/mol. The van der Waals surface area contributed by atoms with Gasteiger partial charge in [0.25, 0.3) is 5.91 Å². The summed E-state index contributed by atoms with van der Waals surface area (Å²) in [6.07, 6.45) is 1.33. The highest BCUT2D eigenvalue weighted by atomic mass is 19.1. The summed E-state index contributed by atoms with van der Waals surface area (Å²) in [6, 6.07) is 3.85. The number of benzene rings is 1. The summed E-state index contributed by atoms with van der Waals surface area (Å²) in [6.45, 7) is 3.56. The topological polar surface area (TPSA) is 71.1 Å². The Labute approximate surface area is 152 Å². The Bertz CT molecular complexity index is 656. The lowest BCUT2D eigenvalue weighted by atomic mass is 10.0. The average molecular weight is 365 g/mol. The first kappa shape index (κ1) is 18.4. The van der Waals surface area contributed by atoms with Gasteiger partial charge in [-0.2, -0.15) is 0 Å². The number of morpholine rings is 1. The van der Waals surface area contributed by atoms with E-state index in [2.05, 4.69) is 5.32 Å². The Morgan fingerprint density at radius 1 is 1.15 bits per heavy atom. The lowest BCUT2D eigenvalue weighted by Crippen LogP contribution is -2.52. The van der Waals surface area contributed by atoms with Crippen LogP contribution in [0.3, 0.4) is 0 Å². The molecular formula is C18H24FN3O4. The van der Waals surface area contributed by atoms with Crippen molar-refractivity contribution >= 4 is 11.9 Å². The molecular weight excluding hydrogens is 341 g/mol. The third-order valence-corrected chi connectivity index (χ3v) is 4.79. The fraction of sp³-hybridized carbons (Fsp3) is 0.556. The molecule has 3 rings (SSSR count). The molecule has 8 heteroatoms. The molecule has 1 aromatic carbocycles. The lowest BCUT2D eigenvalue weighted by Gasteiger charge is -2.37. The molecule has 2 aliphatic heterocycles. The summed E-state index contributed by atoms with van der Waals surface area (Å²) < 4.78 is 23.8. The van der Waals surface area contributed by atoms with Crippen molar-refractivity contribution in [2.75, 3.05) is 46.5 Å². The largest absolute Gasteiger partial charge is 0.496 e. The second-order valence-corrected chi connectivity index (χ2v) is 6.46. The van der Waals surface area contributed by atoms with Crippen molar-refractivity contribution in [1.82, 2.24) is 15.1 Å². The van der Waals surface area contributed by atoms with Gasteiger partial charge in [0, 0.05) is 32.2 Å². The van der Waals surface area contributed by atoms with Crippen molar-refractivity contribution in [2.45, 2.75) is 18.9 Å². The van der Waals surface area contributed by atoms with Gasteiger partial charge in [-0.3, -0.25) is 4.79 Å². The van der Waals surface area contributed by atoms with Crippen LogP contribution in [0, 0.1) is 5.82 Å². The third-order valence-electron chi connectivity index (χ3n) is 4.79. The number of urea groups is 1. The smallest absolute Gasteiger partial charge is 0.320 e. The first-order valence-corrected chi connectivity index (χ1v) is 8.84. The van der Waals surface area contributed by atoms with Crippen LogP contribution in [0.25, 0.3) is 0 Å². The number of amides is 3. The first-order chi connectivity index (χ1) is 12.6. The number of likely N-dealkylation sites (tertiary alicyclic amines) is 1. The fourth-order valence-electron chi connectivity index (χ4n) is 3.29. The molecule has 0 saturated carbocycles. The van der Waals surface area contributed by atoms with E-state index in [0.29, 0.717) is 58.0 Å². The summed E-state index contributed by atoms with van der Waals surface area (Å²) in [7, 11) is 1.44. The molecule has 0 atom stereocenters. The normalized spacial score (nSPS) is 18.5. The third kappa shape index (κ3) is 4.24. The molecule has 2 aliphatic rings. The van der Waals surface area contributed by atoms with Gasteiger partial charge in [-0.25, -0.2) is 9.18 Å². The van der Waals surface area contributed by atoms with Crippen molar-refractivity contribution in [1.29, 1.82) is 0 Å². The number of nitrogens with zero attached hydrogens (tertiary/aromatic N) is 2. The SMILES string of the molecule is COc1ccc(F)cc1C(=O)NC1CCN(C(=O)N2CCOCC2)CC1. The van der Waals surface area contributed by atoms with Crippen LogP contribution in [0.2, 0.25) is 0 Å². The second kappa shape index (κ2) is 8.35. The first-order valence-electron chi connectivity index (χ1n) is 8.84. The van der Waals surface area contributed by atoms with E-state index in [1.165, 1.54) is 25.3 Å². The molecule has 3 amide bonds. The Morgan fingerprint density at radius 3 is 2.46 bits per heavy atom. The average Bonchev–Trinajstić information content (AvgIpc) is 2.68. The molecule has 0 unspecified atom stereocenters. The van der Waals surface area contributed by atoms with Gasteiger partial charge in [-0.05, 0) is 31.0 Å². The van der Waals surface area contributed by atoms with Gasteiger partial charge < -0.3 is 24.6 Å². The quantitative estimate of drug-likeness (QED) is 0.881. The minimum Gasteiger partial charge on any atom is -0.496 e. The number of nitrogens with one attached hydrogen (secondary N) is 1. The molecule has 2 fully saturated rings. The number of hydrogen-bond donors (Lipinski definition) is 1. The predicted octanol–water partition coefficient (Wildman–Crippen LogP) is 1.48. The number of ether oxygens (including phenoxy) is 2. The molecule has 0 aromatic heterocycles. The number of halogens is 1. The molecule has 0 bridgehead atoms. The van der Waals surface area contributed by atoms with E-state index in [-0.39, 0.29) is 23.5 Å². The molecule has 1 aromatic rings. The van der Waals surface area contributed by atoms with Crippen molar-refractivity contribution in [2.24, 2.45) is 0 Å². The van der Waals surface area contributed by atoms with Gasteiger partial charge in [0.2, 0.25) is 0 Å². The van der Waals surface area contributed by atoms with Crippen LogP contribution in [0.4, 0.5) is 9.18 Å². The Balaban J connectivity index is 1.53. The number of piperidine rings is 1. The molecule has 0 spiro atoms. The van der Waals surface area contributed by atoms with Crippen LogP contribution in [-0.4, -0.2) is 74.3 Å². The van der Waals surface area contributed by atoms with Gasteiger partial charge in [-0.15, -0.1) is 0 Å².